The number of carbonyl (C=O) groups is 2. The highest BCUT2D eigenvalue weighted by Gasteiger charge is 2.15. The van der Waals surface area contributed by atoms with Gasteiger partial charge in [0.1, 0.15) is 11.6 Å². The largest absolute Gasteiger partial charge is 0.378 e. The van der Waals surface area contributed by atoms with E-state index in [-0.39, 0.29) is 30.5 Å². The second-order valence-corrected chi connectivity index (χ2v) is 8.08. The Morgan fingerprint density at radius 2 is 1.76 bits per heavy atom. The third kappa shape index (κ3) is 6.04. The number of aromatic nitrogens is 1. The molecule has 1 saturated heterocycles. The van der Waals surface area contributed by atoms with Crippen molar-refractivity contribution in [2.45, 2.75) is 26.3 Å². The van der Waals surface area contributed by atoms with Crippen LogP contribution in [0.2, 0.25) is 0 Å². The Hall–Kier alpha value is -3.52. The quantitative estimate of drug-likeness (QED) is 0.575. The number of fused-ring (bicyclic) bond motifs is 1. The van der Waals surface area contributed by atoms with E-state index in [0.717, 1.165) is 40.9 Å². The number of pyridine rings is 1. The zero-order valence-corrected chi connectivity index (χ0v) is 18.6. The van der Waals surface area contributed by atoms with Crippen molar-refractivity contribution in [3.05, 3.63) is 65.5 Å². The lowest BCUT2D eigenvalue weighted by Gasteiger charge is -2.28. The van der Waals surface area contributed by atoms with E-state index >= 15 is 0 Å². The van der Waals surface area contributed by atoms with Gasteiger partial charge in [-0.15, -0.1) is 0 Å². The lowest BCUT2D eigenvalue weighted by atomic mass is 10.1. The van der Waals surface area contributed by atoms with Crippen molar-refractivity contribution in [3.8, 4) is 0 Å². The first-order valence-electron chi connectivity index (χ1n) is 11.0. The molecule has 2 heterocycles. The second kappa shape index (κ2) is 10.4. The Morgan fingerprint density at radius 1 is 1.03 bits per heavy atom. The first-order chi connectivity index (χ1) is 16.0. The van der Waals surface area contributed by atoms with Crippen LogP contribution in [0.15, 0.2) is 48.5 Å². The summed E-state index contributed by atoms with van der Waals surface area (Å²) in [6.07, 6.45) is 0.143. The summed E-state index contributed by atoms with van der Waals surface area (Å²) < 4.78 is 18.4. The molecule has 0 atom stereocenters. The van der Waals surface area contributed by atoms with Crippen LogP contribution in [0.4, 0.5) is 15.9 Å². The molecular weight excluding hydrogens is 423 g/mol. The standard InChI is InChI=1S/C25H27FN4O3/c1-17-14-23(30-10-12-33-13-11-30)29-22-7-6-20(15-21(17)22)28-25(32)9-8-24(31)27-16-18-2-4-19(26)5-3-18/h2-7,14-15H,8-13,16H2,1H3,(H,27,31)(H,28,32). The number of rotatable bonds is 7. The number of halogens is 1. The van der Waals surface area contributed by atoms with E-state index in [4.69, 9.17) is 9.72 Å². The minimum atomic E-state index is -0.320. The molecular formula is C25H27FN4O3. The Morgan fingerprint density at radius 3 is 2.52 bits per heavy atom. The van der Waals surface area contributed by atoms with E-state index in [2.05, 4.69) is 21.6 Å². The smallest absolute Gasteiger partial charge is 0.224 e. The number of amides is 2. The van der Waals surface area contributed by atoms with Crippen LogP contribution in [0.1, 0.15) is 24.0 Å². The maximum Gasteiger partial charge on any atom is 0.224 e. The fraction of sp³-hybridized carbons (Fsp3) is 0.320. The van der Waals surface area contributed by atoms with Crippen LogP contribution in [-0.4, -0.2) is 43.1 Å². The Balaban J connectivity index is 1.31. The highest BCUT2D eigenvalue weighted by atomic mass is 19.1. The molecule has 0 bridgehead atoms. The summed E-state index contributed by atoms with van der Waals surface area (Å²) >= 11 is 0. The van der Waals surface area contributed by atoms with Gasteiger partial charge >= 0.3 is 0 Å². The molecule has 0 unspecified atom stereocenters. The van der Waals surface area contributed by atoms with Crippen molar-refractivity contribution < 1.29 is 18.7 Å². The molecule has 2 N–H and O–H groups in total. The van der Waals surface area contributed by atoms with Gasteiger partial charge in [-0.25, -0.2) is 9.37 Å². The van der Waals surface area contributed by atoms with E-state index in [1.54, 1.807) is 12.1 Å². The molecule has 1 aliphatic rings. The van der Waals surface area contributed by atoms with Crippen LogP contribution in [0, 0.1) is 12.7 Å². The predicted molar refractivity (Wildman–Crippen MR) is 126 cm³/mol. The maximum absolute atomic E-state index is 12.9. The third-order valence-corrected chi connectivity index (χ3v) is 5.60. The van der Waals surface area contributed by atoms with E-state index < -0.39 is 0 Å². The molecule has 3 aromatic rings. The topological polar surface area (TPSA) is 83.6 Å². The lowest BCUT2D eigenvalue weighted by Crippen LogP contribution is -2.36. The molecule has 0 saturated carbocycles. The molecule has 172 valence electrons. The molecule has 0 radical (unpaired) electrons. The summed E-state index contributed by atoms with van der Waals surface area (Å²) in [5.41, 5.74) is 3.42. The van der Waals surface area contributed by atoms with E-state index in [9.17, 15) is 14.0 Å². The summed E-state index contributed by atoms with van der Waals surface area (Å²) in [5, 5.41) is 6.57. The van der Waals surface area contributed by atoms with Gasteiger partial charge in [0.2, 0.25) is 11.8 Å². The van der Waals surface area contributed by atoms with Gasteiger partial charge in [0, 0.05) is 43.5 Å². The van der Waals surface area contributed by atoms with Crippen LogP contribution < -0.4 is 15.5 Å². The van der Waals surface area contributed by atoms with Crippen molar-refractivity contribution in [1.82, 2.24) is 10.3 Å². The number of hydrogen-bond donors (Lipinski definition) is 2. The summed E-state index contributed by atoms with van der Waals surface area (Å²) in [4.78, 5) is 31.4. The molecule has 1 fully saturated rings. The lowest BCUT2D eigenvalue weighted by molar-refractivity contribution is -0.124. The number of aryl methyl sites for hydroxylation is 1. The number of ether oxygens (including phenoxy) is 1. The average Bonchev–Trinajstić information content (AvgIpc) is 2.83. The Labute approximate surface area is 191 Å². The van der Waals surface area contributed by atoms with Crippen molar-refractivity contribution in [2.75, 3.05) is 36.5 Å². The average molecular weight is 451 g/mol. The van der Waals surface area contributed by atoms with Crippen molar-refractivity contribution in [3.63, 3.8) is 0 Å². The number of nitrogens with one attached hydrogen (secondary N) is 2. The zero-order valence-electron chi connectivity index (χ0n) is 18.6. The summed E-state index contributed by atoms with van der Waals surface area (Å²) in [7, 11) is 0. The number of carbonyl (C=O) groups excluding carboxylic acids is 2. The van der Waals surface area contributed by atoms with Crippen LogP contribution in [0.5, 0.6) is 0 Å². The van der Waals surface area contributed by atoms with E-state index in [1.807, 2.05) is 25.1 Å². The normalized spacial score (nSPS) is 13.7. The van der Waals surface area contributed by atoms with Gasteiger partial charge in [-0.05, 0) is 54.4 Å². The molecule has 33 heavy (non-hydrogen) atoms. The summed E-state index contributed by atoms with van der Waals surface area (Å²) in [5.74, 6) is 0.149. The first-order valence-corrected chi connectivity index (χ1v) is 11.0. The van der Waals surface area contributed by atoms with Gasteiger partial charge in [0.15, 0.2) is 0 Å². The predicted octanol–water partition coefficient (Wildman–Crippen LogP) is 3.55. The molecule has 2 amide bonds. The van der Waals surface area contributed by atoms with Gasteiger partial charge in [-0.1, -0.05) is 12.1 Å². The van der Waals surface area contributed by atoms with Gasteiger partial charge in [0.05, 0.1) is 18.7 Å². The van der Waals surface area contributed by atoms with E-state index in [0.29, 0.717) is 25.4 Å². The number of morpholine rings is 1. The molecule has 2 aromatic carbocycles. The minimum Gasteiger partial charge on any atom is -0.378 e. The van der Waals surface area contributed by atoms with Gasteiger partial charge < -0.3 is 20.3 Å². The number of hydrogen-bond acceptors (Lipinski definition) is 5. The van der Waals surface area contributed by atoms with Gasteiger partial charge in [0.25, 0.3) is 0 Å². The number of nitrogens with zero attached hydrogens (tertiary/aromatic N) is 2. The van der Waals surface area contributed by atoms with Crippen LogP contribution in [0.3, 0.4) is 0 Å². The summed E-state index contributed by atoms with van der Waals surface area (Å²) in [6.45, 7) is 5.38. The number of anilines is 2. The van der Waals surface area contributed by atoms with Crippen LogP contribution in [-0.2, 0) is 20.9 Å². The molecule has 0 spiro atoms. The molecule has 7 nitrogen and oxygen atoms in total. The zero-order chi connectivity index (χ0) is 23.2. The third-order valence-electron chi connectivity index (χ3n) is 5.60. The van der Waals surface area contributed by atoms with Crippen LogP contribution >= 0.6 is 0 Å². The van der Waals surface area contributed by atoms with Crippen LogP contribution in [0.25, 0.3) is 10.9 Å². The fourth-order valence-corrected chi connectivity index (χ4v) is 3.75. The second-order valence-electron chi connectivity index (χ2n) is 8.08. The van der Waals surface area contributed by atoms with Crippen molar-refractivity contribution in [2.24, 2.45) is 0 Å². The highest BCUT2D eigenvalue weighted by molar-refractivity contribution is 5.96. The molecule has 1 aromatic heterocycles. The highest BCUT2D eigenvalue weighted by Crippen LogP contribution is 2.26. The SMILES string of the molecule is Cc1cc(N2CCOCC2)nc2ccc(NC(=O)CCC(=O)NCc3ccc(F)cc3)cc12. The monoisotopic (exact) mass is 450 g/mol. The van der Waals surface area contributed by atoms with Gasteiger partial charge in [-0.3, -0.25) is 9.59 Å². The van der Waals surface area contributed by atoms with Crippen molar-refractivity contribution in [1.29, 1.82) is 0 Å². The Kier molecular flexibility index (Phi) is 7.14. The van der Waals surface area contributed by atoms with Gasteiger partial charge in [-0.2, -0.15) is 0 Å². The Bertz CT molecular complexity index is 1140. The maximum atomic E-state index is 12.9. The minimum absolute atomic E-state index is 0.0699. The number of benzene rings is 2. The molecule has 1 aliphatic heterocycles. The molecule has 4 rings (SSSR count). The first kappa shape index (κ1) is 22.7. The molecule has 8 heteroatoms. The van der Waals surface area contributed by atoms with E-state index in [1.165, 1.54) is 12.1 Å². The summed E-state index contributed by atoms with van der Waals surface area (Å²) in [6, 6.07) is 13.6. The fourth-order valence-electron chi connectivity index (χ4n) is 3.75. The molecule has 0 aliphatic carbocycles. The van der Waals surface area contributed by atoms with Crippen molar-refractivity contribution >= 4 is 34.2 Å².